The number of hydrogen-bond donors (Lipinski definition) is 1. The lowest BCUT2D eigenvalue weighted by molar-refractivity contribution is -0.122. The Morgan fingerprint density at radius 1 is 1.10 bits per heavy atom. The molecule has 0 radical (unpaired) electrons. The highest BCUT2D eigenvalue weighted by atomic mass is 35.5. The van der Waals surface area contributed by atoms with Crippen LogP contribution in [0.25, 0.3) is 0 Å². The molecule has 7 heteroatoms. The number of nitrogens with one attached hydrogen (secondary N) is 1. The second-order valence-corrected chi connectivity index (χ2v) is 7.86. The molecule has 2 saturated heterocycles. The molecule has 2 amide bonds. The molecule has 2 heterocycles. The number of anilines is 3. The van der Waals surface area contributed by atoms with Crippen LogP contribution in [-0.4, -0.2) is 38.6 Å². The van der Waals surface area contributed by atoms with Crippen LogP contribution in [0.4, 0.5) is 17.1 Å². The van der Waals surface area contributed by atoms with Crippen molar-refractivity contribution in [1.82, 2.24) is 0 Å². The summed E-state index contributed by atoms with van der Waals surface area (Å²) in [6, 6.07) is 13.1. The molecule has 29 heavy (non-hydrogen) atoms. The predicted molar refractivity (Wildman–Crippen MR) is 115 cm³/mol. The number of methoxy groups -OCH3 is 1. The van der Waals surface area contributed by atoms with Crippen LogP contribution in [0, 0.1) is 5.92 Å². The van der Waals surface area contributed by atoms with Crippen LogP contribution in [0.2, 0.25) is 5.02 Å². The van der Waals surface area contributed by atoms with Gasteiger partial charge in [0.05, 0.1) is 18.1 Å². The Bertz CT molecular complexity index is 910. The first kappa shape index (κ1) is 19.6. The van der Waals surface area contributed by atoms with Crippen molar-refractivity contribution in [3.05, 3.63) is 47.5 Å². The van der Waals surface area contributed by atoms with E-state index < -0.39 is 5.92 Å². The van der Waals surface area contributed by atoms with E-state index >= 15 is 0 Å². The number of benzene rings is 2. The summed E-state index contributed by atoms with van der Waals surface area (Å²) in [6.07, 6.45) is 2.65. The van der Waals surface area contributed by atoms with Gasteiger partial charge in [0.1, 0.15) is 5.75 Å². The van der Waals surface area contributed by atoms with E-state index in [-0.39, 0.29) is 18.2 Å². The molecule has 1 unspecified atom stereocenters. The zero-order valence-corrected chi connectivity index (χ0v) is 17.1. The summed E-state index contributed by atoms with van der Waals surface area (Å²) in [5, 5.41) is 3.27. The van der Waals surface area contributed by atoms with E-state index in [1.165, 1.54) is 25.6 Å². The van der Waals surface area contributed by atoms with Crippen molar-refractivity contribution in [3.63, 3.8) is 0 Å². The van der Waals surface area contributed by atoms with Crippen molar-refractivity contribution in [2.24, 2.45) is 5.92 Å². The van der Waals surface area contributed by atoms with Crippen molar-refractivity contribution < 1.29 is 14.3 Å². The number of halogens is 1. The van der Waals surface area contributed by atoms with Gasteiger partial charge in [-0.1, -0.05) is 11.6 Å². The summed E-state index contributed by atoms with van der Waals surface area (Å²) < 4.78 is 5.12. The van der Waals surface area contributed by atoms with E-state index in [1.807, 2.05) is 12.1 Å². The van der Waals surface area contributed by atoms with E-state index in [0.717, 1.165) is 18.8 Å². The molecule has 2 aromatic carbocycles. The third-order valence-electron chi connectivity index (χ3n) is 5.55. The van der Waals surface area contributed by atoms with E-state index in [2.05, 4.69) is 22.3 Å². The third kappa shape index (κ3) is 4.17. The van der Waals surface area contributed by atoms with Gasteiger partial charge >= 0.3 is 0 Å². The summed E-state index contributed by atoms with van der Waals surface area (Å²) in [5.41, 5.74) is 2.60. The van der Waals surface area contributed by atoms with Gasteiger partial charge in [-0.05, 0) is 55.3 Å². The summed E-state index contributed by atoms with van der Waals surface area (Å²) >= 11 is 6.12. The molecule has 1 atom stereocenters. The highest BCUT2D eigenvalue weighted by Gasteiger charge is 2.35. The molecule has 0 bridgehead atoms. The maximum Gasteiger partial charge on any atom is 0.229 e. The van der Waals surface area contributed by atoms with Gasteiger partial charge in [-0.2, -0.15) is 0 Å². The van der Waals surface area contributed by atoms with Gasteiger partial charge in [0.2, 0.25) is 11.8 Å². The fourth-order valence-corrected chi connectivity index (χ4v) is 4.20. The summed E-state index contributed by atoms with van der Waals surface area (Å²) in [4.78, 5) is 29.2. The Morgan fingerprint density at radius 3 is 2.45 bits per heavy atom. The van der Waals surface area contributed by atoms with Crippen molar-refractivity contribution >= 4 is 40.5 Å². The van der Waals surface area contributed by atoms with Crippen LogP contribution in [0.15, 0.2) is 42.5 Å². The zero-order valence-electron chi connectivity index (χ0n) is 16.4. The molecule has 0 spiro atoms. The molecule has 2 aliphatic heterocycles. The summed E-state index contributed by atoms with van der Waals surface area (Å²) in [7, 11) is 1.54. The van der Waals surface area contributed by atoms with Crippen molar-refractivity contribution in [2.45, 2.75) is 19.3 Å². The quantitative estimate of drug-likeness (QED) is 0.806. The van der Waals surface area contributed by atoms with Crippen LogP contribution in [-0.2, 0) is 9.59 Å². The first-order valence-electron chi connectivity index (χ1n) is 9.85. The molecule has 1 N–H and O–H groups in total. The highest BCUT2D eigenvalue weighted by molar-refractivity contribution is 6.32. The fraction of sp³-hybridized carbons (Fsp3) is 0.364. The molecule has 2 fully saturated rings. The largest absolute Gasteiger partial charge is 0.495 e. The third-order valence-corrected chi connectivity index (χ3v) is 5.84. The molecule has 0 aromatic heterocycles. The Hall–Kier alpha value is -2.73. The van der Waals surface area contributed by atoms with Crippen LogP contribution >= 0.6 is 11.6 Å². The van der Waals surface area contributed by atoms with Crippen molar-refractivity contribution in [3.8, 4) is 5.75 Å². The van der Waals surface area contributed by atoms with Gasteiger partial charge in [0.15, 0.2) is 0 Å². The number of carbonyl (C=O) groups excluding carboxylic acids is 2. The van der Waals surface area contributed by atoms with Crippen LogP contribution in [0.1, 0.15) is 19.3 Å². The van der Waals surface area contributed by atoms with Crippen molar-refractivity contribution in [1.29, 1.82) is 0 Å². The summed E-state index contributed by atoms with van der Waals surface area (Å²) in [6.45, 7) is 2.54. The number of carbonyl (C=O) groups is 2. The van der Waals surface area contributed by atoms with E-state index in [1.54, 1.807) is 23.1 Å². The Morgan fingerprint density at radius 2 is 1.79 bits per heavy atom. The monoisotopic (exact) mass is 413 g/mol. The second-order valence-electron chi connectivity index (χ2n) is 7.45. The number of amides is 2. The number of rotatable bonds is 5. The zero-order chi connectivity index (χ0) is 20.4. The number of nitrogens with zero attached hydrogens (tertiary/aromatic N) is 2. The molecule has 0 aliphatic carbocycles. The topological polar surface area (TPSA) is 61.9 Å². The van der Waals surface area contributed by atoms with E-state index in [4.69, 9.17) is 16.3 Å². The van der Waals surface area contributed by atoms with Gasteiger partial charge in [-0.25, -0.2) is 0 Å². The predicted octanol–water partition coefficient (Wildman–Crippen LogP) is 3.94. The van der Waals surface area contributed by atoms with Gasteiger partial charge in [0, 0.05) is 43.1 Å². The first-order valence-corrected chi connectivity index (χ1v) is 10.2. The minimum absolute atomic E-state index is 0.0353. The highest BCUT2D eigenvalue weighted by Crippen LogP contribution is 2.30. The summed E-state index contributed by atoms with van der Waals surface area (Å²) in [5.74, 6) is -0.0755. The van der Waals surface area contributed by atoms with Gasteiger partial charge in [-0.15, -0.1) is 0 Å². The molecule has 152 valence electrons. The average Bonchev–Trinajstić information content (AvgIpc) is 3.38. The Balaban J connectivity index is 1.40. The second kappa shape index (κ2) is 8.33. The van der Waals surface area contributed by atoms with Crippen LogP contribution in [0.5, 0.6) is 5.75 Å². The smallest absolute Gasteiger partial charge is 0.229 e. The fourth-order valence-electron chi connectivity index (χ4n) is 3.94. The number of hydrogen-bond acceptors (Lipinski definition) is 4. The molecule has 0 saturated carbocycles. The standard InChI is InChI=1S/C22H24ClN3O3/c1-29-20-9-4-16(13-19(20)23)24-22(28)15-12-21(27)26(14-15)18-7-5-17(6-8-18)25-10-2-3-11-25/h4-9,13,15H,2-3,10-12,14H2,1H3,(H,24,28). The maximum atomic E-state index is 12.7. The lowest BCUT2D eigenvalue weighted by Gasteiger charge is -2.20. The van der Waals surface area contributed by atoms with Gasteiger partial charge < -0.3 is 19.9 Å². The lowest BCUT2D eigenvalue weighted by atomic mass is 10.1. The molecule has 2 aromatic rings. The minimum Gasteiger partial charge on any atom is -0.495 e. The van der Waals surface area contributed by atoms with Crippen LogP contribution in [0.3, 0.4) is 0 Å². The van der Waals surface area contributed by atoms with Crippen molar-refractivity contribution in [2.75, 3.05) is 41.9 Å². The Labute approximate surface area is 175 Å². The molecule has 6 nitrogen and oxygen atoms in total. The van der Waals surface area contributed by atoms with E-state index in [0.29, 0.717) is 23.0 Å². The van der Waals surface area contributed by atoms with Gasteiger partial charge in [-0.3, -0.25) is 9.59 Å². The maximum absolute atomic E-state index is 12.7. The normalized spacial score (nSPS) is 19.0. The van der Waals surface area contributed by atoms with E-state index in [9.17, 15) is 9.59 Å². The number of ether oxygens (including phenoxy) is 1. The molecular formula is C22H24ClN3O3. The first-order chi connectivity index (χ1) is 14.0. The lowest BCUT2D eigenvalue weighted by Crippen LogP contribution is -2.28. The van der Waals surface area contributed by atoms with Crippen LogP contribution < -0.4 is 19.9 Å². The SMILES string of the molecule is COc1ccc(NC(=O)C2CC(=O)N(c3ccc(N4CCCC4)cc3)C2)cc1Cl. The molecule has 4 rings (SSSR count). The molecular weight excluding hydrogens is 390 g/mol. The van der Waals surface area contributed by atoms with Gasteiger partial charge in [0.25, 0.3) is 0 Å². The Kier molecular flexibility index (Phi) is 5.62. The average molecular weight is 414 g/mol. The molecule has 2 aliphatic rings. The minimum atomic E-state index is -0.401.